The van der Waals surface area contributed by atoms with Gasteiger partial charge < -0.3 is 9.15 Å². The highest BCUT2D eigenvalue weighted by Crippen LogP contribution is 2.18. The van der Waals surface area contributed by atoms with E-state index in [1.807, 2.05) is 35.7 Å². The SMILES string of the molecule is O=C(OCc1coc(-c2ccccc2)n1)c1ccsc1. The number of esters is 1. The number of ether oxygens (including phenoxy) is 1. The van der Waals surface area contributed by atoms with Crippen molar-refractivity contribution in [2.24, 2.45) is 0 Å². The van der Waals surface area contributed by atoms with Gasteiger partial charge in [-0.2, -0.15) is 11.3 Å². The van der Waals surface area contributed by atoms with Crippen LogP contribution in [-0.2, 0) is 11.3 Å². The van der Waals surface area contributed by atoms with Gasteiger partial charge in [0.25, 0.3) is 0 Å². The van der Waals surface area contributed by atoms with E-state index in [0.717, 1.165) is 5.56 Å². The van der Waals surface area contributed by atoms with Gasteiger partial charge in [-0.15, -0.1) is 0 Å². The van der Waals surface area contributed by atoms with E-state index in [-0.39, 0.29) is 12.6 Å². The molecule has 1 aromatic carbocycles. The summed E-state index contributed by atoms with van der Waals surface area (Å²) in [4.78, 5) is 16.0. The number of oxazole rings is 1. The predicted octanol–water partition coefficient (Wildman–Crippen LogP) is 3.76. The van der Waals surface area contributed by atoms with Crippen LogP contribution >= 0.6 is 11.3 Å². The average Bonchev–Trinajstić information content (AvgIpc) is 3.17. The fraction of sp³-hybridized carbons (Fsp3) is 0.0667. The van der Waals surface area contributed by atoms with Crippen molar-refractivity contribution in [2.75, 3.05) is 0 Å². The van der Waals surface area contributed by atoms with Crippen molar-refractivity contribution in [2.45, 2.75) is 6.61 Å². The fourth-order valence-corrected chi connectivity index (χ4v) is 2.32. The monoisotopic (exact) mass is 285 g/mol. The molecule has 0 atom stereocenters. The second-order valence-electron chi connectivity index (χ2n) is 4.10. The van der Waals surface area contributed by atoms with Gasteiger partial charge in [0, 0.05) is 10.9 Å². The minimum atomic E-state index is -0.351. The molecule has 0 bridgehead atoms. The number of thiophene rings is 1. The Balaban J connectivity index is 1.65. The smallest absolute Gasteiger partial charge is 0.339 e. The minimum Gasteiger partial charge on any atom is -0.455 e. The topological polar surface area (TPSA) is 52.3 Å². The van der Waals surface area contributed by atoms with Crippen LogP contribution in [0.5, 0.6) is 0 Å². The number of carbonyl (C=O) groups is 1. The van der Waals surface area contributed by atoms with Gasteiger partial charge in [0.2, 0.25) is 5.89 Å². The number of hydrogen-bond acceptors (Lipinski definition) is 5. The molecule has 3 rings (SSSR count). The number of hydrogen-bond donors (Lipinski definition) is 0. The largest absolute Gasteiger partial charge is 0.455 e. The first-order chi connectivity index (χ1) is 9.83. The minimum absolute atomic E-state index is 0.102. The van der Waals surface area contributed by atoms with Gasteiger partial charge >= 0.3 is 5.97 Å². The maximum Gasteiger partial charge on any atom is 0.339 e. The number of carbonyl (C=O) groups excluding carboxylic acids is 1. The third kappa shape index (κ3) is 2.78. The summed E-state index contributed by atoms with van der Waals surface area (Å²) in [5.41, 5.74) is 2.04. The van der Waals surface area contributed by atoms with Crippen LogP contribution in [0.4, 0.5) is 0 Å². The highest BCUT2D eigenvalue weighted by atomic mass is 32.1. The van der Waals surface area contributed by atoms with Crippen LogP contribution in [-0.4, -0.2) is 11.0 Å². The van der Waals surface area contributed by atoms with E-state index in [0.29, 0.717) is 17.1 Å². The Labute approximate surface area is 119 Å². The molecule has 0 radical (unpaired) electrons. The van der Waals surface area contributed by atoms with Crippen LogP contribution in [0, 0.1) is 0 Å². The molecule has 0 saturated carbocycles. The maximum absolute atomic E-state index is 11.7. The third-order valence-electron chi connectivity index (χ3n) is 2.68. The second kappa shape index (κ2) is 5.71. The van der Waals surface area contributed by atoms with Crippen molar-refractivity contribution in [3.8, 4) is 11.5 Å². The fourth-order valence-electron chi connectivity index (χ4n) is 1.69. The average molecular weight is 285 g/mol. The molecule has 0 N–H and O–H groups in total. The first-order valence-electron chi connectivity index (χ1n) is 6.02. The lowest BCUT2D eigenvalue weighted by Gasteiger charge is -1.99. The highest BCUT2D eigenvalue weighted by molar-refractivity contribution is 7.08. The zero-order chi connectivity index (χ0) is 13.8. The molecule has 0 spiro atoms. The van der Waals surface area contributed by atoms with Crippen molar-refractivity contribution in [1.82, 2.24) is 4.98 Å². The molecule has 0 fully saturated rings. The molecule has 0 aliphatic carbocycles. The summed E-state index contributed by atoms with van der Waals surface area (Å²) >= 11 is 1.46. The summed E-state index contributed by atoms with van der Waals surface area (Å²) in [6.45, 7) is 0.102. The first kappa shape index (κ1) is 12.6. The van der Waals surface area contributed by atoms with Crippen molar-refractivity contribution < 1.29 is 13.9 Å². The number of benzene rings is 1. The van der Waals surface area contributed by atoms with Crippen LogP contribution in [0.15, 0.2) is 57.8 Å². The lowest BCUT2D eigenvalue weighted by Crippen LogP contribution is -2.03. The zero-order valence-electron chi connectivity index (χ0n) is 10.5. The predicted molar refractivity (Wildman–Crippen MR) is 75.4 cm³/mol. The van der Waals surface area contributed by atoms with E-state index in [2.05, 4.69) is 4.98 Å². The summed E-state index contributed by atoms with van der Waals surface area (Å²) < 4.78 is 10.5. The Morgan fingerprint density at radius 2 is 2.10 bits per heavy atom. The van der Waals surface area contributed by atoms with E-state index in [1.54, 1.807) is 11.4 Å². The zero-order valence-corrected chi connectivity index (χ0v) is 11.3. The molecule has 0 amide bonds. The van der Waals surface area contributed by atoms with Crippen LogP contribution in [0.2, 0.25) is 0 Å². The molecule has 3 aromatic rings. The van der Waals surface area contributed by atoms with Gasteiger partial charge in [-0.3, -0.25) is 0 Å². The van der Waals surface area contributed by atoms with Gasteiger partial charge in [-0.05, 0) is 23.6 Å². The molecule has 5 heteroatoms. The van der Waals surface area contributed by atoms with E-state index in [1.165, 1.54) is 17.6 Å². The van der Waals surface area contributed by atoms with Gasteiger partial charge in [-0.25, -0.2) is 9.78 Å². The standard InChI is InChI=1S/C15H11NO3S/c17-15(12-6-7-20-10-12)19-9-13-8-18-14(16-13)11-4-2-1-3-5-11/h1-8,10H,9H2. The summed E-state index contributed by atoms with van der Waals surface area (Å²) in [6, 6.07) is 11.3. The molecule has 0 saturated heterocycles. The van der Waals surface area contributed by atoms with Crippen LogP contribution in [0.25, 0.3) is 11.5 Å². The molecule has 2 heterocycles. The molecule has 0 unspecified atom stereocenters. The van der Waals surface area contributed by atoms with Gasteiger partial charge in [0.1, 0.15) is 18.6 Å². The Kier molecular flexibility index (Phi) is 3.60. The van der Waals surface area contributed by atoms with Gasteiger partial charge in [0.15, 0.2) is 0 Å². The molecule has 100 valence electrons. The maximum atomic E-state index is 11.7. The van der Waals surface area contributed by atoms with Crippen LogP contribution in [0.1, 0.15) is 16.1 Å². The molecular weight excluding hydrogens is 274 g/mol. The first-order valence-corrected chi connectivity index (χ1v) is 6.96. The lowest BCUT2D eigenvalue weighted by atomic mass is 10.2. The molecule has 4 nitrogen and oxygen atoms in total. The quantitative estimate of drug-likeness (QED) is 0.685. The van der Waals surface area contributed by atoms with E-state index in [9.17, 15) is 4.79 Å². The normalized spacial score (nSPS) is 10.4. The molecule has 2 aromatic heterocycles. The number of rotatable bonds is 4. The van der Waals surface area contributed by atoms with E-state index < -0.39 is 0 Å². The Hall–Kier alpha value is -2.40. The van der Waals surface area contributed by atoms with Gasteiger partial charge in [-0.1, -0.05) is 18.2 Å². The summed E-state index contributed by atoms with van der Waals surface area (Å²) in [7, 11) is 0. The van der Waals surface area contributed by atoms with E-state index in [4.69, 9.17) is 9.15 Å². The van der Waals surface area contributed by atoms with Crippen molar-refractivity contribution in [3.05, 3.63) is 64.7 Å². The third-order valence-corrected chi connectivity index (χ3v) is 3.36. The van der Waals surface area contributed by atoms with Crippen molar-refractivity contribution in [3.63, 3.8) is 0 Å². The Bertz CT molecular complexity index is 689. The van der Waals surface area contributed by atoms with E-state index >= 15 is 0 Å². The summed E-state index contributed by atoms with van der Waals surface area (Å²) in [5, 5.41) is 3.58. The lowest BCUT2D eigenvalue weighted by molar-refractivity contribution is 0.0468. The molecule has 20 heavy (non-hydrogen) atoms. The van der Waals surface area contributed by atoms with Crippen molar-refractivity contribution >= 4 is 17.3 Å². The second-order valence-corrected chi connectivity index (χ2v) is 4.88. The highest BCUT2D eigenvalue weighted by Gasteiger charge is 2.10. The van der Waals surface area contributed by atoms with Crippen LogP contribution < -0.4 is 0 Å². The molecule has 0 aliphatic rings. The Morgan fingerprint density at radius 3 is 2.85 bits per heavy atom. The van der Waals surface area contributed by atoms with Gasteiger partial charge in [0.05, 0.1) is 5.56 Å². The van der Waals surface area contributed by atoms with Crippen LogP contribution in [0.3, 0.4) is 0 Å². The summed E-state index contributed by atoms with van der Waals surface area (Å²) in [5.74, 6) is 0.169. The number of aromatic nitrogens is 1. The number of nitrogens with zero attached hydrogens (tertiary/aromatic N) is 1. The van der Waals surface area contributed by atoms with Crippen molar-refractivity contribution in [1.29, 1.82) is 0 Å². The molecular formula is C15H11NO3S. The summed E-state index contributed by atoms with van der Waals surface area (Å²) in [6.07, 6.45) is 1.50. The molecule has 0 aliphatic heterocycles. The Morgan fingerprint density at radius 1 is 1.25 bits per heavy atom.